The molecule has 0 N–H and O–H groups in total. The molecule has 2 aliphatic rings. The van der Waals surface area contributed by atoms with Crippen LogP contribution in [0.5, 0.6) is 0 Å². The highest BCUT2D eigenvalue weighted by atomic mass is 16.5. The SMILES string of the molecule is COCCn1ccnc1C1CCCN(C(=O)c2nnc3n2CCCCC3)C1. The minimum atomic E-state index is 0.00958. The zero-order valence-electron chi connectivity index (χ0n) is 16.0. The summed E-state index contributed by atoms with van der Waals surface area (Å²) in [5, 5.41) is 8.53. The van der Waals surface area contributed by atoms with Crippen LogP contribution in [-0.2, 0) is 24.2 Å². The van der Waals surface area contributed by atoms with Crippen LogP contribution in [0.4, 0.5) is 0 Å². The quantitative estimate of drug-likeness (QED) is 0.801. The predicted molar refractivity (Wildman–Crippen MR) is 99.6 cm³/mol. The molecule has 0 bridgehead atoms. The second kappa shape index (κ2) is 8.21. The molecule has 4 rings (SSSR count). The van der Waals surface area contributed by atoms with Crippen molar-refractivity contribution in [3.63, 3.8) is 0 Å². The maximum absolute atomic E-state index is 13.2. The first-order valence-corrected chi connectivity index (χ1v) is 9.99. The van der Waals surface area contributed by atoms with Gasteiger partial charge < -0.3 is 18.8 Å². The summed E-state index contributed by atoms with van der Waals surface area (Å²) in [5.74, 6) is 2.77. The summed E-state index contributed by atoms with van der Waals surface area (Å²) in [4.78, 5) is 19.7. The van der Waals surface area contributed by atoms with Crippen LogP contribution in [0.15, 0.2) is 12.4 Å². The van der Waals surface area contributed by atoms with Gasteiger partial charge in [0.15, 0.2) is 0 Å². The van der Waals surface area contributed by atoms with Crippen molar-refractivity contribution < 1.29 is 9.53 Å². The van der Waals surface area contributed by atoms with E-state index < -0.39 is 0 Å². The molecule has 4 heterocycles. The Morgan fingerprint density at radius 1 is 1.22 bits per heavy atom. The second-order valence-electron chi connectivity index (χ2n) is 7.46. The smallest absolute Gasteiger partial charge is 0.291 e. The van der Waals surface area contributed by atoms with Gasteiger partial charge in [-0.1, -0.05) is 6.42 Å². The fourth-order valence-electron chi connectivity index (χ4n) is 4.22. The maximum atomic E-state index is 13.2. The lowest BCUT2D eigenvalue weighted by atomic mass is 9.97. The van der Waals surface area contributed by atoms with Gasteiger partial charge in [-0.15, -0.1) is 10.2 Å². The minimum absolute atomic E-state index is 0.00958. The van der Waals surface area contributed by atoms with Gasteiger partial charge in [-0.25, -0.2) is 4.98 Å². The van der Waals surface area contributed by atoms with E-state index in [0.29, 0.717) is 19.0 Å². The summed E-state index contributed by atoms with van der Waals surface area (Å²) < 4.78 is 9.38. The first kappa shape index (κ1) is 18.2. The van der Waals surface area contributed by atoms with Crippen LogP contribution < -0.4 is 0 Å². The van der Waals surface area contributed by atoms with Crippen molar-refractivity contribution in [3.8, 4) is 0 Å². The molecule has 1 fully saturated rings. The van der Waals surface area contributed by atoms with E-state index in [1.165, 1.54) is 6.42 Å². The van der Waals surface area contributed by atoms with Crippen LogP contribution in [0.3, 0.4) is 0 Å². The average Bonchev–Trinajstić information content (AvgIpc) is 3.27. The van der Waals surface area contributed by atoms with Crippen molar-refractivity contribution >= 4 is 5.91 Å². The number of aromatic nitrogens is 5. The van der Waals surface area contributed by atoms with Gasteiger partial charge in [-0.3, -0.25) is 4.79 Å². The topological polar surface area (TPSA) is 78.1 Å². The average molecular weight is 372 g/mol. The molecule has 0 spiro atoms. The third-order valence-corrected chi connectivity index (χ3v) is 5.66. The van der Waals surface area contributed by atoms with E-state index in [1.807, 2.05) is 21.9 Å². The summed E-state index contributed by atoms with van der Waals surface area (Å²) >= 11 is 0. The maximum Gasteiger partial charge on any atom is 0.291 e. The van der Waals surface area contributed by atoms with E-state index in [2.05, 4.69) is 19.7 Å². The highest BCUT2D eigenvalue weighted by Gasteiger charge is 2.31. The van der Waals surface area contributed by atoms with Crippen molar-refractivity contribution in [2.75, 3.05) is 26.8 Å². The number of aryl methyl sites for hydroxylation is 1. The highest BCUT2D eigenvalue weighted by Crippen LogP contribution is 2.27. The van der Waals surface area contributed by atoms with Gasteiger partial charge in [0.05, 0.1) is 6.61 Å². The lowest BCUT2D eigenvalue weighted by Crippen LogP contribution is -2.41. The zero-order valence-corrected chi connectivity index (χ0v) is 16.0. The Kier molecular flexibility index (Phi) is 5.52. The number of piperidine rings is 1. The molecule has 0 radical (unpaired) electrons. The molecule has 2 aromatic heterocycles. The molecular formula is C19H28N6O2. The van der Waals surface area contributed by atoms with Gasteiger partial charge >= 0.3 is 0 Å². The van der Waals surface area contributed by atoms with Gasteiger partial charge in [0.1, 0.15) is 11.6 Å². The molecule has 0 saturated carbocycles. The van der Waals surface area contributed by atoms with Gasteiger partial charge in [-0.2, -0.15) is 0 Å². The Labute approximate surface area is 159 Å². The van der Waals surface area contributed by atoms with Crippen molar-refractivity contribution in [3.05, 3.63) is 29.9 Å². The number of methoxy groups -OCH3 is 1. The Morgan fingerprint density at radius 3 is 3.04 bits per heavy atom. The molecule has 2 aromatic rings. The van der Waals surface area contributed by atoms with E-state index in [9.17, 15) is 4.79 Å². The Morgan fingerprint density at radius 2 is 2.15 bits per heavy atom. The number of imidazole rings is 1. The summed E-state index contributed by atoms with van der Waals surface area (Å²) in [6.45, 7) is 3.75. The monoisotopic (exact) mass is 372 g/mol. The largest absolute Gasteiger partial charge is 0.383 e. The number of fused-ring (bicyclic) bond motifs is 1. The predicted octanol–water partition coefficient (Wildman–Crippen LogP) is 1.87. The highest BCUT2D eigenvalue weighted by molar-refractivity contribution is 5.90. The Bertz CT molecular complexity index is 783. The normalized spacial score (nSPS) is 20.3. The molecular weight excluding hydrogens is 344 g/mol. The molecule has 0 aliphatic carbocycles. The number of carbonyl (C=O) groups is 1. The van der Waals surface area contributed by atoms with Gasteiger partial charge in [0.25, 0.3) is 5.91 Å². The molecule has 27 heavy (non-hydrogen) atoms. The van der Waals surface area contributed by atoms with Crippen LogP contribution in [0.2, 0.25) is 0 Å². The van der Waals surface area contributed by atoms with Gasteiger partial charge in [0.2, 0.25) is 5.82 Å². The third-order valence-electron chi connectivity index (χ3n) is 5.66. The van der Waals surface area contributed by atoms with Crippen molar-refractivity contribution in [1.82, 2.24) is 29.2 Å². The van der Waals surface area contributed by atoms with Crippen LogP contribution in [-0.4, -0.2) is 61.9 Å². The molecule has 8 nitrogen and oxygen atoms in total. The first-order valence-electron chi connectivity index (χ1n) is 9.99. The van der Waals surface area contributed by atoms with Crippen molar-refractivity contribution in [2.45, 2.75) is 57.5 Å². The van der Waals surface area contributed by atoms with E-state index in [1.54, 1.807) is 7.11 Å². The van der Waals surface area contributed by atoms with Crippen molar-refractivity contribution in [2.24, 2.45) is 0 Å². The number of hydrogen-bond donors (Lipinski definition) is 0. The molecule has 1 amide bonds. The molecule has 1 unspecified atom stereocenters. The summed E-state index contributed by atoms with van der Waals surface area (Å²) in [5.41, 5.74) is 0. The number of hydrogen-bond acceptors (Lipinski definition) is 5. The van der Waals surface area contributed by atoms with Crippen LogP contribution in [0, 0.1) is 0 Å². The van der Waals surface area contributed by atoms with Crippen LogP contribution in [0.25, 0.3) is 0 Å². The summed E-state index contributed by atoms with van der Waals surface area (Å²) in [6, 6.07) is 0. The number of amides is 1. The second-order valence-corrected chi connectivity index (χ2v) is 7.46. The lowest BCUT2D eigenvalue weighted by molar-refractivity contribution is 0.0684. The van der Waals surface area contributed by atoms with Gasteiger partial charge in [0, 0.05) is 58.0 Å². The molecule has 146 valence electrons. The number of rotatable bonds is 5. The summed E-state index contributed by atoms with van der Waals surface area (Å²) in [7, 11) is 1.71. The van der Waals surface area contributed by atoms with E-state index in [-0.39, 0.29) is 11.8 Å². The zero-order chi connectivity index (χ0) is 18.6. The number of likely N-dealkylation sites (tertiary alicyclic amines) is 1. The van der Waals surface area contributed by atoms with E-state index in [4.69, 9.17) is 4.74 Å². The van der Waals surface area contributed by atoms with Crippen molar-refractivity contribution in [1.29, 1.82) is 0 Å². The minimum Gasteiger partial charge on any atom is -0.383 e. The van der Waals surface area contributed by atoms with Gasteiger partial charge in [-0.05, 0) is 25.7 Å². The fourth-order valence-corrected chi connectivity index (χ4v) is 4.22. The lowest BCUT2D eigenvalue weighted by Gasteiger charge is -2.32. The fraction of sp³-hybridized carbons (Fsp3) is 0.684. The first-order chi connectivity index (χ1) is 13.3. The molecule has 2 aliphatic heterocycles. The van der Waals surface area contributed by atoms with E-state index >= 15 is 0 Å². The number of ether oxygens (including phenoxy) is 1. The molecule has 0 aromatic carbocycles. The standard InChI is InChI=1S/C19H28N6O2/c1-27-13-12-23-11-8-20-17(23)15-6-5-9-24(14-15)19(26)18-22-21-16-7-3-2-4-10-25(16)18/h8,11,15H,2-7,9-10,12-14H2,1H3. The Hall–Kier alpha value is -2.22. The number of carbonyl (C=O) groups excluding carboxylic acids is 1. The molecule has 8 heteroatoms. The Balaban J connectivity index is 1.49. The van der Waals surface area contributed by atoms with E-state index in [0.717, 1.165) is 63.4 Å². The third kappa shape index (κ3) is 3.76. The van der Waals surface area contributed by atoms with Crippen LogP contribution >= 0.6 is 0 Å². The van der Waals surface area contributed by atoms with Crippen LogP contribution in [0.1, 0.15) is 60.3 Å². The molecule has 1 saturated heterocycles. The molecule has 1 atom stereocenters. The summed E-state index contributed by atoms with van der Waals surface area (Å²) in [6.07, 6.45) is 10.2. The number of nitrogens with zero attached hydrogens (tertiary/aromatic N) is 6.